The molecule has 0 aromatic heterocycles. The van der Waals surface area contributed by atoms with Gasteiger partial charge in [-0.25, -0.2) is 0 Å². The minimum absolute atomic E-state index is 0.114. The van der Waals surface area contributed by atoms with Gasteiger partial charge in [0.2, 0.25) is 0 Å². The summed E-state index contributed by atoms with van der Waals surface area (Å²) in [7, 11) is 0. The van der Waals surface area contributed by atoms with Crippen LogP contribution in [-0.4, -0.2) is 11.8 Å². The summed E-state index contributed by atoms with van der Waals surface area (Å²) in [5.41, 5.74) is 3.12. The number of amides is 2. The molecule has 0 saturated heterocycles. The molecular weight excluding hydrogens is 879 g/mol. The van der Waals surface area contributed by atoms with E-state index in [4.69, 9.17) is 23.2 Å². The number of rotatable bonds is 12. The van der Waals surface area contributed by atoms with Gasteiger partial charge in [-0.1, -0.05) is 0 Å². The third-order valence-electron chi connectivity index (χ3n) is 11.6. The number of allylic oxidation sites excluding steroid dienone is 8. The standard InChI is InChI=1S/2C21H15ClF2NO.2C5H5.Ti/c2*1-14-2-4-15(5-3-14)13-25(20-11-10-18(23)12-19(20)24)21(26)16-6-8-17(22)9-7-16;2*1-2-4-5-3-1;/h2*2-11H,13H2,1H3;2*1-3H,4H2;. The number of hydrogen-bond donors (Lipinski definition) is 0. The molecule has 2 amide bonds. The van der Waals surface area contributed by atoms with E-state index in [1.54, 1.807) is 60.7 Å². The number of nitrogens with zero attached hydrogens (tertiary/aromatic N) is 2. The van der Waals surface area contributed by atoms with Gasteiger partial charge in [-0.2, -0.15) is 0 Å². The van der Waals surface area contributed by atoms with Crippen LogP contribution in [0.4, 0.5) is 28.9 Å². The number of benzene rings is 6. The summed E-state index contributed by atoms with van der Waals surface area (Å²) < 4.78 is 71.4. The second-order valence-electron chi connectivity index (χ2n) is 15.7. The molecule has 6 aromatic rings. The van der Waals surface area contributed by atoms with Gasteiger partial charge in [0, 0.05) is 0 Å². The Hall–Kier alpha value is -5.77. The fourth-order valence-electron chi connectivity index (χ4n) is 8.39. The molecule has 2 aliphatic rings. The summed E-state index contributed by atoms with van der Waals surface area (Å²) in [6.45, 7) is 3.61. The Morgan fingerprint density at radius 2 is 0.889 bits per heavy atom. The average Bonchev–Trinajstić information content (AvgIpc) is 4.03. The normalized spacial score (nSPS) is 13.3. The number of carbonyl (C=O) groups excluding carboxylic acids is 2. The Labute approximate surface area is 377 Å². The number of anilines is 2. The fourth-order valence-corrected chi connectivity index (χ4v) is 16.9. The van der Waals surface area contributed by atoms with Gasteiger partial charge < -0.3 is 0 Å². The number of aryl methyl sites for hydroxylation is 2. The summed E-state index contributed by atoms with van der Waals surface area (Å²) in [6, 6.07) is 31.5. The molecule has 0 spiro atoms. The van der Waals surface area contributed by atoms with Crippen LogP contribution in [0, 0.1) is 37.1 Å². The van der Waals surface area contributed by atoms with Crippen molar-refractivity contribution in [1.29, 1.82) is 0 Å². The van der Waals surface area contributed by atoms with E-state index in [-0.39, 0.29) is 48.4 Å². The maximum absolute atomic E-state index is 18.4. The Morgan fingerprint density at radius 3 is 1.22 bits per heavy atom. The molecule has 0 aliphatic heterocycles. The molecule has 8 rings (SSSR count). The Balaban J connectivity index is 1.39. The first-order valence-corrected chi connectivity index (χ1v) is 24.2. The van der Waals surface area contributed by atoms with Gasteiger partial charge in [0.15, 0.2) is 0 Å². The van der Waals surface area contributed by atoms with Crippen molar-refractivity contribution in [3.63, 3.8) is 0 Å². The molecule has 0 fully saturated rings. The summed E-state index contributed by atoms with van der Waals surface area (Å²) in [5.74, 6) is -5.44. The van der Waals surface area contributed by atoms with Crippen LogP contribution in [-0.2, 0) is 29.7 Å². The van der Waals surface area contributed by atoms with Gasteiger partial charge in [0.25, 0.3) is 0 Å². The van der Waals surface area contributed by atoms with Crippen LogP contribution in [0.5, 0.6) is 0 Å². The Morgan fingerprint density at radius 1 is 0.524 bits per heavy atom. The second kappa shape index (κ2) is 18.5. The van der Waals surface area contributed by atoms with Crippen LogP contribution in [0.15, 0.2) is 166 Å². The predicted molar refractivity (Wildman–Crippen MR) is 242 cm³/mol. The van der Waals surface area contributed by atoms with Gasteiger partial charge in [0.05, 0.1) is 0 Å². The molecule has 0 unspecified atom stereocenters. The van der Waals surface area contributed by atoms with Crippen molar-refractivity contribution in [2.24, 2.45) is 0 Å². The fraction of sp³-hybridized carbons (Fsp3) is 0.115. The zero-order valence-corrected chi connectivity index (χ0v) is 37.4. The van der Waals surface area contributed by atoms with E-state index < -0.39 is 59.4 Å². The van der Waals surface area contributed by atoms with E-state index in [9.17, 15) is 9.59 Å². The number of carbonyl (C=O) groups is 2. The molecule has 4 nitrogen and oxygen atoms in total. The van der Waals surface area contributed by atoms with Gasteiger partial charge >= 0.3 is 380 Å². The van der Waals surface area contributed by atoms with Crippen molar-refractivity contribution in [1.82, 2.24) is 0 Å². The van der Waals surface area contributed by atoms with E-state index in [2.05, 4.69) is 0 Å². The molecule has 0 heterocycles. The van der Waals surface area contributed by atoms with Crippen LogP contribution in [0.3, 0.4) is 0 Å². The van der Waals surface area contributed by atoms with Crippen molar-refractivity contribution in [2.75, 3.05) is 9.80 Å². The number of halogens is 6. The van der Waals surface area contributed by atoms with Crippen molar-refractivity contribution in [3.8, 4) is 0 Å². The predicted octanol–water partition coefficient (Wildman–Crippen LogP) is 12.7. The second-order valence-corrected chi connectivity index (χ2v) is 22.5. The first kappa shape index (κ1) is 43.9. The van der Waals surface area contributed by atoms with Crippen molar-refractivity contribution in [2.45, 2.75) is 39.8 Å². The van der Waals surface area contributed by atoms with E-state index in [0.717, 1.165) is 23.3 Å². The SMILES string of the molecule is Cc1ccc(CN(C(=O)c2ccc(Cl)cc2)c2ccc(F)[c]([Ti]([C]3=CC=CC3)([C]3=CC=CC3)[c]3c(F)ccc(N(Cc4ccc(C)cc4)C(=O)c4ccc(Cl)cc4)c3F)c2F)cc1. The van der Waals surface area contributed by atoms with Gasteiger partial charge in [-0.05, 0) is 0 Å². The van der Waals surface area contributed by atoms with Crippen LogP contribution in [0.2, 0.25) is 10.0 Å². The zero-order chi connectivity index (χ0) is 44.4. The van der Waals surface area contributed by atoms with E-state index in [1.807, 2.05) is 62.4 Å². The average molecular weight is 920 g/mol. The molecule has 11 heteroatoms. The Bertz CT molecular complexity index is 2660. The maximum atomic E-state index is 18.4. The van der Waals surface area contributed by atoms with Crippen molar-refractivity contribution in [3.05, 3.63) is 232 Å². The van der Waals surface area contributed by atoms with Gasteiger partial charge in [-0.3, -0.25) is 0 Å². The van der Waals surface area contributed by atoms with E-state index >= 15 is 17.6 Å². The first-order valence-electron chi connectivity index (χ1n) is 20.3. The van der Waals surface area contributed by atoms with Crippen LogP contribution in [0.25, 0.3) is 0 Å². The zero-order valence-electron chi connectivity index (χ0n) is 34.3. The third kappa shape index (κ3) is 8.66. The molecule has 63 heavy (non-hydrogen) atoms. The molecule has 6 aromatic carbocycles. The summed E-state index contributed by atoms with van der Waals surface area (Å²) >= 11 is 6.85. The van der Waals surface area contributed by atoms with Gasteiger partial charge in [-0.15, -0.1) is 0 Å². The quantitative estimate of drug-likeness (QED) is 0.0906. The summed E-state index contributed by atoms with van der Waals surface area (Å²) in [5, 5.41) is 0.778. The van der Waals surface area contributed by atoms with Crippen LogP contribution in [0.1, 0.15) is 55.8 Å². The first-order chi connectivity index (χ1) is 30.4. The minimum atomic E-state index is -5.51. The van der Waals surface area contributed by atoms with Crippen LogP contribution < -0.4 is 17.5 Å². The van der Waals surface area contributed by atoms with Crippen molar-refractivity contribution < 1.29 is 43.7 Å². The Kier molecular flexibility index (Phi) is 12.9. The summed E-state index contributed by atoms with van der Waals surface area (Å²) in [6.07, 6.45) is 10.7. The molecule has 316 valence electrons. The van der Waals surface area contributed by atoms with Gasteiger partial charge in [0.1, 0.15) is 0 Å². The monoisotopic (exact) mass is 918 g/mol. The molecule has 0 radical (unpaired) electrons. The topological polar surface area (TPSA) is 40.6 Å². The number of hydrogen-bond acceptors (Lipinski definition) is 2. The molecule has 0 atom stereocenters. The van der Waals surface area contributed by atoms with Crippen molar-refractivity contribution >= 4 is 54.1 Å². The molecular formula is C52H40Cl2F4N2O2Ti. The van der Waals surface area contributed by atoms with Crippen LogP contribution >= 0.6 is 23.2 Å². The van der Waals surface area contributed by atoms with E-state index in [1.165, 1.54) is 46.2 Å². The molecule has 0 bridgehead atoms. The molecule has 0 saturated carbocycles. The van der Waals surface area contributed by atoms with E-state index in [0.29, 0.717) is 28.9 Å². The summed E-state index contributed by atoms with van der Waals surface area (Å²) in [4.78, 5) is 31.5. The third-order valence-corrected chi connectivity index (χ3v) is 20.0. The molecule has 2 aliphatic carbocycles. The molecule has 0 N–H and O–H groups in total.